The number of aromatic nitrogens is 2. The summed E-state index contributed by atoms with van der Waals surface area (Å²) >= 11 is 6.36. The Bertz CT molecular complexity index is 997. The number of hydrogen-bond donors (Lipinski definition) is 4. The van der Waals surface area contributed by atoms with Crippen molar-refractivity contribution in [3.05, 3.63) is 76.8 Å². The van der Waals surface area contributed by atoms with Crippen molar-refractivity contribution in [2.75, 3.05) is 22.9 Å². The molecule has 0 aliphatic carbocycles. The summed E-state index contributed by atoms with van der Waals surface area (Å²) in [4.78, 5) is 19.9. The highest BCUT2D eigenvalue weighted by Crippen LogP contribution is 2.22. The number of hydrogen-bond acceptors (Lipinski definition) is 5. The lowest BCUT2D eigenvalue weighted by Crippen LogP contribution is -2.21. The minimum atomic E-state index is -0.465. The van der Waals surface area contributed by atoms with E-state index in [1.807, 2.05) is 13.0 Å². The number of rotatable bonds is 7. The third-order valence-corrected chi connectivity index (χ3v) is 4.79. The second kappa shape index (κ2) is 10.00. The molecule has 1 atom stereocenters. The largest absolute Gasteiger partial charge is 0.382 e. The van der Waals surface area contributed by atoms with Gasteiger partial charge in [0.25, 0.3) is 0 Å². The Morgan fingerprint density at radius 3 is 2.57 bits per heavy atom. The van der Waals surface area contributed by atoms with Crippen molar-refractivity contribution in [1.29, 1.82) is 0 Å². The summed E-state index contributed by atoms with van der Waals surface area (Å²) in [6, 6.07) is 11.4. The van der Waals surface area contributed by atoms with Crippen LogP contribution in [0.1, 0.15) is 24.1 Å². The molecule has 0 saturated carbocycles. The zero-order valence-corrected chi connectivity index (χ0v) is 17.1. The Hall–Kier alpha value is -3.23. The van der Waals surface area contributed by atoms with Crippen LogP contribution < -0.4 is 21.7 Å². The number of nitrogen functional groups attached to an aromatic ring is 1. The Morgan fingerprint density at radius 2 is 1.90 bits per heavy atom. The SMILES string of the molecule is C[C@H](NCCc1ccc(NC(=O)Nc2cnc(N)cn2)cc1Cl)c1ccc(F)cc1. The maximum atomic E-state index is 13.0. The molecule has 0 aliphatic rings. The molecule has 0 saturated heterocycles. The molecule has 2 aromatic carbocycles. The van der Waals surface area contributed by atoms with E-state index >= 15 is 0 Å². The van der Waals surface area contributed by atoms with E-state index in [2.05, 4.69) is 25.9 Å². The zero-order chi connectivity index (χ0) is 21.5. The first kappa shape index (κ1) is 21.5. The summed E-state index contributed by atoms with van der Waals surface area (Å²) in [7, 11) is 0. The van der Waals surface area contributed by atoms with Crippen molar-refractivity contribution in [3.63, 3.8) is 0 Å². The number of carbonyl (C=O) groups excluding carboxylic acids is 1. The molecule has 3 aromatic rings. The predicted molar refractivity (Wildman–Crippen MR) is 117 cm³/mol. The number of nitrogens with two attached hydrogens (primary N) is 1. The van der Waals surface area contributed by atoms with Crippen LogP contribution in [0.2, 0.25) is 5.02 Å². The molecule has 2 amide bonds. The molecule has 0 spiro atoms. The van der Waals surface area contributed by atoms with E-state index < -0.39 is 6.03 Å². The molecule has 0 unspecified atom stereocenters. The highest BCUT2D eigenvalue weighted by atomic mass is 35.5. The molecule has 0 radical (unpaired) electrons. The molecule has 1 heterocycles. The van der Waals surface area contributed by atoms with Crippen LogP contribution in [0.5, 0.6) is 0 Å². The Labute approximate surface area is 178 Å². The average Bonchev–Trinajstić information content (AvgIpc) is 2.71. The molecule has 0 aliphatic heterocycles. The van der Waals surface area contributed by atoms with Gasteiger partial charge in [0.15, 0.2) is 5.82 Å². The number of anilines is 3. The van der Waals surface area contributed by atoms with Gasteiger partial charge in [-0.3, -0.25) is 5.32 Å². The van der Waals surface area contributed by atoms with Gasteiger partial charge in [-0.2, -0.15) is 0 Å². The molecule has 3 rings (SSSR count). The molecule has 30 heavy (non-hydrogen) atoms. The third-order valence-electron chi connectivity index (χ3n) is 4.44. The van der Waals surface area contributed by atoms with Crippen LogP contribution in [0.4, 0.5) is 26.5 Å². The maximum Gasteiger partial charge on any atom is 0.324 e. The van der Waals surface area contributed by atoms with Crippen molar-refractivity contribution in [3.8, 4) is 0 Å². The minimum absolute atomic E-state index is 0.0884. The van der Waals surface area contributed by atoms with Crippen LogP contribution in [0.15, 0.2) is 54.9 Å². The summed E-state index contributed by atoms with van der Waals surface area (Å²) in [5.41, 5.74) is 7.98. The number of nitrogens with one attached hydrogen (secondary N) is 3. The lowest BCUT2D eigenvalue weighted by atomic mass is 10.1. The normalized spacial score (nSPS) is 11.7. The quantitative estimate of drug-likeness (QED) is 0.446. The van der Waals surface area contributed by atoms with Gasteiger partial charge in [-0.1, -0.05) is 29.8 Å². The van der Waals surface area contributed by atoms with Crippen molar-refractivity contribution in [2.45, 2.75) is 19.4 Å². The fourth-order valence-electron chi connectivity index (χ4n) is 2.80. The Morgan fingerprint density at radius 1 is 1.13 bits per heavy atom. The Balaban J connectivity index is 1.50. The summed E-state index contributed by atoms with van der Waals surface area (Å²) in [5, 5.41) is 9.20. The second-order valence-electron chi connectivity index (χ2n) is 6.69. The molecule has 0 fully saturated rings. The highest BCUT2D eigenvalue weighted by molar-refractivity contribution is 6.31. The van der Waals surface area contributed by atoms with Crippen LogP contribution in [-0.4, -0.2) is 22.5 Å². The van der Waals surface area contributed by atoms with Crippen molar-refractivity contribution in [2.24, 2.45) is 0 Å². The molecule has 0 bridgehead atoms. The van der Waals surface area contributed by atoms with Crippen molar-refractivity contribution < 1.29 is 9.18 Å². The lowest BCUT2D eigenvalue weighted by molar-refractivity contribution is 0.262. The lowest BCUT2D eigenvalue weighted by Gasteiger charge is -2.15. The topological polar surface area (TPSA) is 105 Å². The number of carbonyl (C=O) groups is 1. The monoisotopic (exact) mass is 428 g/mol. The summed E-state index contributed by atoms with van der Waals surface area (Å²) in [6.45, 7) is 2.72. The van der Waals surface area contributed by atoms with E-state index in [4.69, 9.17) is 17.3 Å². The van der Waals surface area contributed by atoms with E-state index in [0.29, 0.717) is 23.7 Å². The van der Waals surface area contributed by atoms with E-state index in [1.54, 1.807) is 24.3 Å². The van der Waals surface area contributed by atoms with E-state index in [1.165, 1.54) is 24.5 Å². The third kappa shape index (κ3) is 6.13. The first-order valence-corrected chi connectivity index (χ1v) is 9.71. The Kier molecular flexibility index (Phi) is 7.16. The zero-order valence-electron chi connectivity index (χ0n) is 16.3. The maximum absolute atomic E-state index is 13.0. The summed E-state index contributed by atoms with van der Waals surface area (Å²) in [5.74, 6) is 0.303. The molecule has 156 valence electrons. The van der Waals surface area contributed by atoms with Crippen molar-refractivity contribution in [1.82, 2.24) is 15.3 Å². The molecule has 1 aromatic heterocycles. The van der Waals surface area contributed by atoms with Crippen LogP contribution in [0.25, 0.3) is 0 Å². The highest BCUT2D eigenvalue weighted by Gasteiger charge is 2.08. The van der Waals surface area contributed by atoms with Gasteiger partial charge in [0.2, 0.25) is 0 Å². The minimum Gasteiger partial charge on any atom is -0.382 e. The van der Waals surface area contributed by atoms with Gasteiger partial charge in [-0.05, 0) is 55.3 Å². The van der Waals surface area contributed by atoms with Gasteiger partial charge in [0.1, 0.15) is 11.6 Å². The van der Waals surface area contributed by atoms with E-state index in [-0.39, 0.29) is 23.5 Å². The van der Waals surface area contributed by atoms with Gasteiger partial charge >= 0.3 is 6.03 Å². The number of urea groups is 1. The van der Waals surface area contributed by atoms with E-state index in [0.717, 1.165) is 11.1 Å². The number of amides is 2. The van der Waals surface area contributed by atoms with Gasteiger partial charge in [0.05, 0.1) is 12.4 Å². The molecular weight excluding hydrogens is 407 g/mol. The van der Waals surface area contributed by atoms with Crippen LogP contribution in [0, 0.1) is 5.82 Å². The fourth-order valence-corrected chi connectivity index (χ4v) is 3.08. The predicted octanol–water partition coefficient (Wildman–Crippen LogP) is 4.39. The average molecular weight is 429 g/mol. The summed E-state index contributed by atoms with van der Waals surface area (Å²) in [6.07, 6.45) is 3.43. The van der Waals surface area contributed by atoms with E-state index in [9.17, 15) is 9.18 Å². The van der Waals surface area contributed by atoms with Crippen LogP contribution >= 0.6 is 11.6 Å². The number of halogens is 2. The number of nitrogens with zero attached hydrogens (tertiary/aromatic N) is 2. The van der Waals surface area contributed by atoms with Gasteiger partial charge in [-0.15, -0.1) is 0 Å². The van der Waals surface area contributed by atoms with Crippen LogP contribution in [-0.2, 0) is 6.42 Å². The first-order valence-electron chi connectivity index (χ1n) is 9.33. The first-order chi connectivity index (χ1) is 14.4. The van der Waals surface area contributed by atoms with Gasteiger partial charge in [0, 0.05) is 16.8 Å². The standard InChI is InChI=1S/C21H22ClFN6O/c1-13(14-2-5-16(23)6-3-14)25-9-8-15-4-7-17(10-18(15)22)28-21(30)29-20-12-26-19(24)11-27-20/h2-7,10-13,25H,8-9H2,1H3,(H2,24,26)(H2,27,28,29,30)/t13-/m0/s1. The molecule has 9 heteroatoms. The van der Waals surface area contributed by atoms with Gasteiger partial charge < -0.3 is 16.4 Å². The second-order valence-corrected chi connectivity index (χ2v) is 7.10. The van der Waals surface area contributed by atoms with Crippen molar-refractivity contribution >= 4 is 35.0 Å². The molecule has 5 N–H and O–H groups in total. The molecular formula is C21H22ClFN6O. The summed E-state index contributed by atoms with van der Waals surface area (Å²) < 4.78 is 13.0. The number of benzene rings is 2. The fraction of sp³-hybridized carbons (Fsp3) is 0.190. The smallest absolute Gasteiger partial charge is 0.324 e. The van der Waals surface area contributed by atoms with Crippen LogP contribution in [0.3, 0.4) is 0 Å². The molecule has 7 nitrogen and oxygen atoms in total. The van der Waals surface area contributed by atoms with Gasteiger partial charge in [-0.25, -0.2) is 19.2 Å².